The fourth-order valence-corrected chi connectivity index (χ4v) is 0.620. The van der Waals surface area contributed by atoms with E-state index in [1.807, 2.05) is 6.92 Å². The van der Waals surface area contributed by atoms with Gasteiger partial charge in [0.25, 0.3) is 0 Å². The summed E-state index contributed by atoms with van der Waals surface area (Å²) in [7, 11) is 0. The fraction of sp³-hybridized carbons (Fsp3) is 0.875. The Balaban J connectivity index is 3.72. The van der Waals surface area contributed by atoms with Crippen molar-refractivity contribution in [2.24, 2.45) is 5.73 Å². The number of nitrogens with one attached hydrogen (secondary N) is 1. The van der Waals surface area contributed by atoms with Gasteiger partial charge in [-0.2, -0.15) is 0 Å². The molecule has 12 heavy (non-hydrogen) atoms. The van der Waals surface area contributed by atoms with E-state index in [1.165, 1.54) is 0 Å². The maximum Gasteiger partial charge on any atom is 0.237 e. The molecule has 0 heterocycles. The highest BCUT2D eigenvalue weighted by Gasteiger charge is 2.16. The Labute approximate surface area is 73.1 Å². The van der Waals surface area contributed by atoms with Gasteiger partial charge < -0.3 is 16.2 Å². The quantitative estimate of drug-likeness (QED) is 0.543. The van der Waals surface area contributed by atoms with Crippen LogP contribution in [0.25, 0.3) is 0 Å². The largest absolute Gasteiger partial charge is 0.389 e. The zero-order valence-electron chi connectivity index (χ0n) is 7.92. The van der Waals surface area contributed by atoms with Crippen molar-refractivity contribution >= 4 is 5.91 Å². The van der Waals surface area contributed by atoms with Crippen LogP contribution in [-0.2, 0) is 4.79 Å². The molecule has 0 fully saturated rings. The van der Waals surface area contributed by atoms with Crippen molar-refractivity contribution in [2.45, 2.75) is 38.8 Å². The molecule has 0 aromatic heterocycles. The van der Waals surface area contributed by atoms with E-state index in [2.05, 4.69) is 5.32 Å². The fourth-order valence-electron chi connectivity index (χ4n) is 0.620. The summed E-state index contributed by atoms with van der Waals surface area (Å²) in [6.45, 7) is 5.34. The van der Waals surface area contributed by atoms with Crippen LogP contribution in [0.4, 0.5) is 0 Å². The smallest absolute Gasteiger partial charge is 0.237 e. The van der Waals surface area contributed by atoms with Crippen LogP contribution in [0.3, 0.4) is 0 Å². The predicted molar refractivity (Wildman–Crippen MR) is 47.6 cm³/mol. The Hall–Kier alpha value is -0.610. The van der Waals surface area contributed by atoms with Gasteiger partial charge in [-0.1, -0.05) is 6.92 Å². The Morgan fingerprint density at radius 1 is 1.67 bits per heavy atom. The van der Waals surface area contributed by atoms with E-state index in [1.54, 1.807) is 13.8 Å². The van der Waals surface area contributed by atoms with E-state index in [0.717, 1.165) is 0 Å². The van der Waals surface area contributed by atoms with Crippen molar-refractivity contribution in [3.8, 4) is 0 Å². The van der Waals surface area contributed by atoms with Crippen LogP contribution in [0.1, 0.15) is 27.2 Å². The minimum absolute atomic E-state index is 0.209. The molecule has 0 unspecified atom stereocenters. The van der Waals surface area contributed by atoms with Gasteiger partial charge in [-0.3, -0.25) is 4.79 Å². The van der Waals surface area contributed by atoms with Crippen LogP contribution in [0.2, 0.25) is 0 Å². The monoisotopic (exact) mass is 174 g/mol. The lowest BCUT2D eigenvalue weighted by Gasteiger charge is -2.19. The first-order valence-electron chi connectivity index (χ1n) is 4.12. The van der Waals surface area contributed by atoms with Crippen molar-refractivity contribution < 1.29 is 9.90 Å². The third kappa shape index (κ3) is 5.09. The Morgan fingerprint density at radius 2 is 2.17 bits per heavy atom. The zero-order chi connectivity index (χ0) is 9.78. The van der Waals surface area contributed by atoms with Gasteiger partial charge >= 0.3 is 0 Å². The molecule has 0 saturated heterocycles. The number of nitrogens with two attached hydrogens (primary N) is 1. The first-order chi connectivity index (χ1) is 5.37. The summed E-state index contributed by atoms with van der Waals surface area (Å²) in [5.41, 5.74) is 4.58. The summed E-state index contributed by atoms with van der Waals surface area (Å²) in [6.07, 6.45) is 0.609. The molecular formula is C8H18N2O2. The Morgan fingerprint density at radius 3 is 2.50 bits per heavy atom. The second kappa shape index (κ2) is 4.42. The Bertz CT molecular complexity index is 152. The molecule has 0 bridgehead atoms. The molecule has 0 aromatic carbocycles. The highest BCUT2D eigenvalue weighted by molar-refractivity contribution is 5.81. The van der Waals surface area contributed by atoms with Gasteiger partial charge in [-0.15, -0.1) is 0 Å². The molecule has 0 aliphatic heterocycles. The lowest BCUT2D eigenvalue weighted by atomic mass is 10.1. The summed E-state index contributed by atoms with van der Waals surface area (Å²) < 4.78 is 0. The maximum absolute atomic E-state index is 11.1. The maximum atomic E-state index is 11.1. The minimum atomic E-state index is -0.872. The van der Waals surface area contributed by atoms with E-state index in [0.29, 0.717) is 6.42 Å². The van der Waals surface area contributed by atoms with Gasteiger partial charge in [0, 0.05) is 6.54 Å². The molecule has 4 nitrogen and oxygen atoms in total. The highest BCUT2D eigenvalue weighted by Crippen LogP contribution is 1.97. The van der Waals surface area contributed by atoms with Crippen molar-refractivity contribution in [1.29, 1.82) is 0 Å². The van der Waals surface area contributed by atoms with Gasteiger partial charge in [0.15, 0.2) is 0 Å². The molecule has 0 aliphatic carbocycles. The number of hydrogen-bond donors (Lipinski definition) is 3. The minimum Gasteiger partial charge on any atom is -0.389 e. The molecule has 0 radical (unpaired) electrons. The van der Waals surface area contributed by atoms with Crippen LogP contribution in [0.5, 0.6) is 0 Å². The van der Waals surface area contributed by atoms with E-state index < -0.39 is 11.6 Å². The summed E-state index contributed by atoms with van der Waals surface area (Å²) >= 11 is 0. The molecular weight excluding hydrogens is 156 g/mol. The van der Waals surface area contributed by atoms with Gasteiger partial charge in [0.05, 0.1) is 11.6 Å². The second-order valence-electron chi connectivity index (χ2n) is 3.54. The van der Waals surface area contributed by atoms with E-state index >= 15 is 0 Å². The summed E-state index contributed by atoms with van der Waals surface area (Å²) in [5.74, 6) is -0.209. The van der Waals surface area contributed by atoms with Crippen LogP contribution in [-0.4, -0.2) is 29.2 Å². The number of aliphatic hydroxyl groups is 1. The average molecular weight is 174 g/mol. The number of carbonyl (C=O) groups excluding carboxylic acids is 1. The second-order valence-corrected chi connectivity index (χ2v) is 3.54. The third-order valence-corrected chi connectivity index (χ3v) is 1.47. The van der Waals surface area contributed by atoms with Crippen LogP contribution < -0.4 is 11.1 Å². The SMILES string of the molecule is CC[C@H](N)C(=O)NCC(C)(C)O. The van der Waals surface area contributed by atoms with Crippen LogP contribution in [0, 0.1) is 0 Å². The normalized spacial score (nSPS) is 14.1. The van der Waals surface area contributed by atoms with E-state index in [-0.39, 0.29) is 12.5 Å². The number of rotatable bonds is 4. The standard InChI is InChI=1S/C8H18N2O2/c1-4-6(9)7(11)10-5-8(2,3)12/h6,12H,4-5,9H2,1-3H3,(H,10,11)/t6-/m0/s1. The van der Waals surface area contributed by atoms with Crippen molar-refractivity contribution in [3.05, 3.63) is 0 Å². The first-order valence-corrected chi connectivity index (χ1v) is 4.12. The predicted octanol–water partition coefficient (Wildman–Crippen LogP) is -0.389. The number of carbonyl (C=O) groups is 1. The van der Waals surface area contributed by atoms with Crippen molar-refractivity contribution in [2.75, 3.05) is 6.54 Å². The lowest BCUT2D eigenvalue weighted by molar-refractivity contribution is -0.123. The van der Waals surface area contributed by atoms with Gasteiger partial charge in [0.1, 0.15) is 0 Å². The summed E-state index contributed by atoms with van der Waals surface area (Å²) in [6, 6.07) is -0.465. The summed E-state index contributed by atoms with van der Waals surface area (Å²) in [5, 5.41) is 11.8. The first kappa shape index (κ1) is 11.4. The van der Waals surface area contributed by atoms with Crippen LogP contribution in [0.15, 0.2) is 0 Å². The Kier molecular flexibility index (Phi) is 4.20. The van der Waals surface area contributed by atoms with Gasteiger partial charge in [-0.05, 0) is 20.3 Å². The topological polar surface area (TPSA) is 75.4 Å². The number of amides is 1. The average Bonchev–Trinajstić information content (AvgIpc) is 1.97. The molecule has 0 saturated carbocycles. The molecule has 4 N–H and O–H groups in total. The third-order valence-electron chi connectivity index (χ3n) is 1.47. The zero-order valence-corrected chi connectivity index (χ0v) is 7.92. The van der Waals surface area contributed by atoms with Gasteiger partial charge in [-0.25, -0.2) is 0 Å². The molecule has 0 aliphatic rings. The molecule has 72 valence electrons. The molecule has 0 spiro atoms. The van der Waals surface area contributed by atoms with Crippen molar-refractivity contribution in [1.82, 2.24) is 5.32 Å². The molecule has 0 aromatic rings. The van der Waals surface area contributed by atoms with Gasteiger partial charge in [0.2, 0.25) is 5.91 Å². The molecule has 0 rings (SSSR count). The number of hydrogen-bond acceptors (Lipinski definition) is 3. The van der Waals surface area contributed by atoms with E-state index in [9.17, 15) is 9.90 Å². The molecule has 1 atom stereocenters. The van der Waals surface area contributed by atoms with Crippen LogP contribution >= 0.6 is 0 Å². The lowest BCUT2D eigenvalue weighted by Crippen LogP contribution is -2.45. The molecule has 4 heteroatoms. The van der Waals surface area contributed by atoms with Crippen molar-refractivity contribution in [3.63, 3.8) is 0 Å². The summed E-state index contributed by atoms with van der Waals surface area (Å²) in [4.78, 5) is 11.1. The molecule has 1 amide bonds. The highest BCUT2D eigenvalue weighted by atomic mass is 16.3. The van der Waals surface area contributed by atoms with E-state index in [4.69, 9.17) is 5.73 Å².